The lowest BCUT2D eigenvalue weighted by molar-refractivity contribution is -0.144. The molecule has 2 saturated heterocycles. The van der Waals surface area contributed by atoms with E-state index in [9.17, 15) is 29.6 Å². The van der Waals surface area contributed by atoms with Crippen LogP contribution in [0.15, 0.2) is 36.4 Å². The molecule has 6 rings (SSSR count). The molecule has 0 aromatic heterocycles. The van der Waals surface area contributed by atoms with Crippen LogP contribution in [0.5, 0.6) is 11.5 Å². The summed E-state index contributed by atoms with van der Waals surface area (Å²) in [5, 5.41) is 26.2. The molecule has 0 radical (unpaired) electrons. The second-order valence-electron chi connectivity index (χ2n) is 12.9. The number of carbonyl (C=O) groups is 2. The van der Waals surface area contributed by atoms with Crippen LogP contribution < -0.4 is 9.47 Å². The lowest BCUT2D eigenvalue weighted by Gasteiger charge is -2.49. The Morgan fingerprint density at radius 1 is 0.787 bits per heavy atom. The van der Waals surface area contributed by atoms with Crippen molar-refractivity contribution in [2.24, 2.45) is 0 Å². The van der Waals surface area contributed by atoms with Gasteiger partial charge in [-0.15, -0.1) is 0 Å². The number of phosphoric acid groups is 1. The highest BCUT2D eigenvalue weighted by Gasteiger charge is 2.56. The number of aliphatic hydroxyl groups is 1. The van der Waals surface area contributed by atoms with Gasteiger partial charge < -0.3 is 29.3 Å². The zero-order valence-electron chi connectivity index (χ0n) is 27.0. The van der Waals surface area contributed by atoms with Gasteiger partial charge in [0.1, 0.15) is 34.9 Å². The number of carbonyl (C=O) groups excluding carboxylic acids is 2. The number of rotatable bonds is 6. The number of nitriles is 2. The first-order valence-electron chi connectivity index (χ1n) is 15.4. The summed E-state index contributed by atoms with van der Waals surface area (Å²) in [4.78, 5) is 40.9. The van der Waals surface area contributed by atoms with Crippen molar-refractivity contribution in [3.8, 4) is 23.6 Å². The Morgan fingerprint density at radius 3 is 1.49 bits per heavy atom. The van der Waals surface area contributed by atoms with Crippen LogP contribution in [0.2, 0.25) is 0 Å². The minimum atomic E-state index is -5.01. The minimum Gasteiger partial charge on any atom is -0.485 e. The van der Waals surface area contributed by atoms with Gasteiger partial charge in [0, 0.05) is 44.2 Å². The molecule has 2 aromatic carbocycles. The van der Waals surface area contributed by atoms with Crippen LogP contribution in [0.1, 0.15) is 87.7 Å². The van der Waals surface area contributed by atoms with Crippen LogP contribution in [0.4, 0.5) is 0 Å². The summed E-state index contributed by atoms with van der Waals surface area (Å²) in [5.74, 6) is 0.591. The number of nitrogens with zero attached hydrogens (tertiary/aromatic N) is 4. The van der Waals surface area contributed by atoms with Gasteiger partial charge >= 0.3 is 7.82 Å². The van der Waals surface area contributed by atoms with Gasteiger partial charge in [0.05, 0.1) is 35.3 Å². The third kappa shape index (κ3) is 6.47. The van der Waals surface area contributed by atoms with Crippen LogP contribution in [0.25, 0.3) is 0 Å². The monoisotopic (exact) mass is 666 g/mol. The Morgan fingerprint density at radius 2 is 1.17 bits per heavy atom. The van der Waals surface area contributed by atoms with E-state index in [-0.39, 0.29) is 11.8 Å². The number of phosphoric ester groups is 1. The maximum Gasteiger partial charge on any atom is 0.473 e. The fourth-order valence-electron chi connectivity index (χ4n) is 6.92. The van der Waals surface area contributed by atoms with E-state index in [2.05, 4.69) is 12.1 Å². The van der Waals surface area contributed by atoms with Crippen LogP contribution in [-0.4, -0.2) is 75.2 Å². The van der Waals surface area contributed by atoms with E-state index in [1.54, 1.807) is 73.9 Å². The summed E-state index contributed by atoms with van der Waals surface area (Å²) >= 11 is 0. The lowest BCUT2D eigenvalue weighted by atomic mass is 9.85. The maximum atomic E-state index is 14.2. The van der Waals surface area contributed by atoms with Gasteiger partial charge in [-0.2, -0.15) is 10.5 Å². The van der Waals surface area contributed by atoms with E-state index in [4.69, 9.17) is 23.6 Å². The molecule has 2 amide bonds. The number of ether oxygens (including phenoxy) is 2. The van der Waals surface area contributed by atoms with Gasteiger partial charge in [-0.1, -0.05) is 0 Å². The SMILES string of the molecule is CC1(C)Oc2ccc(C#N)cc2[C@H](N2CCCC2=O)[C@H]1OP(=O)(O)O[C@@H]1[C@@H](N2CCCC2=O)c2cc(C#N)ccc2OC1(C)C.CO. The highest BCUT2D eigenvalue weighted by Crippen LogP contribution is 2.58. The molecule has 0 unspecified atom stereocenters. The number of aliphatic hydroxyl groups excluding tert-OH is 1. The fraction of sp³-hybridized carbons (Fsp3) is 0.515. The van der Waals surface area contributed by atoms with Crippen LogP contribution in [-0.2, 0) is 23.2 Å². The summed E-state index contributed by atoms with van der Waals surface area (Å²) < 4.78 is 38.8. The molecule has 4 aliphatic heterocycles. The fourth-order valence-corrected chi connectivity index (χ4v) is 8.29. The summed E-state index contributed by atoms with van der Waals surface area (Å²) in [6, 6.07) is 12.3. The summed E-state index contributed by atoms with van der Waals surface area (Å²) in [7, 11) is -4.01. The minimum absolute atomic E-state index is 0.146. The molecule has 4 heterocycles. The quantitative estimate of drug-likeness (QED) is 0.420. The maximum absolute atomic E-state index is 14.2. The summed E-state index contributed by atoms with van der Waals surface area (Å²) in [6.45, 7) is 7.59. The predicted molar refractivity (Wildman–Crippen MR) is 167 cm³/mol. The van der Waals surface area contributed by atoms with Gasteiger partial charge in [-0.25, -0.2) is 4.57 Å². The van der Waals surface area contributed by atoms with Gasteiger partial charge in [0.15, 0.2) is 0 Å². The van der Waals surface area contributed by atoms with Crippen molar-refractivity contribution >= 4 is 19.6 Å². The first-order chi connectivity index (χ1) is 22.2. The number of hydrogen-bond acceptors (Lipinski definition) is 10. The van der Waals surface area contributed by atoms with Crippen molar-refractivity contribution in [3.05, 3.63) is 58.7 Å². The molecule has 0 saturated carbocycles. The van der Waals surface area contributed by atoms with Gasteiger partial charge in [0.2, 0.25) is 11.8 Å². The molecule has 4 aliphatic rings. The number of likely N-dealkylation sites (tertiary alicyclic amines) is 2. The summed E-state index contributed by atoms with van der Waals surface area (Å²) in [5.41, 5.74) is -0.765. The first kappa shape index (κ1) is 34.4. The Labute approximate surface area is 273 Å². The molecule has 2 N–H and O–H groups in total. The Hall–Kier alpha value is -3.97. The average Bonchev–Trinajstić information content (AvgIpc) is 3.65. The van der Waals surface area contributed by atoms with E-state index in [1.807, 2.05) is 0 Å². The molecule has 0 bridgehead atoms. The molecular weight excluding hydrogens is 627 g/mol. The third-order valence-electron chi connectivity index (χ3n) is 8.99. The topological polar surface area (TPSA) is 183 Å². The van der Waals surface area contributed by atoms with E-state index in [0.717, 1.165) is 7.11 Å². The van der Waals surface area contributed by atoms with Crippen molar-refractivity contribution in [3.63, 3.8) is 0 Å². The molecule has 0 aliphatic carbocycles. The van der Waals surface area contributed by atoms with E-state index in [0.29, 0.717) is 72.5 Å². The van der Waals surface area contributed by atoms with Crippen LogP contribution in [0.3, 0.4) is 0 Å². The zero-order valence-corrected chi connectivity index (χ0v) is 27.9. The van der Waals surface area contributed by atoms with E-state index >= 15 is 0 Å². The van der Waals surface area contributed by atoms with Crippen LogP contribution in [0, 0.1) is 22.7 Å². The van der Waals surface area contributed by atoms with E-state index in [1.165, 1.54) is 0 Å². The molecule has 2 aromatic rings. The summed E-state index contributed by atoms with van der Waals surface area (Å²) in [6.07, 6.45) is -0.536. The molecule has 13 nitrogen and oxygen atoms in total. The average molecular weight is 667 g/mol. The Balaban J connectivity index is 0.00000213. The molecule has 2 fully saturated rings. The zero-order chi connectivity index (χ0) is 34.3. The molecule has 0 spiro atoms. The molecule has 14 heteroatoms. The molecule has 250 valence electrons. The second kappa shape index (κ2) is 12.9. The van der Waals surface area contributed by atoms with Gasteiger partial charge in [0.25, 0.3) is 0 Å². The molecule has 47 heavy (non-hydrogen) atoms. The number of hydrogen-bond donors (Lipinski definition) is 2. The van der Waals surface area contributed by atoms with Crippen molar-refractivity contribution < 1.29 is 42.7 Å². The van der Waals surface area contributed by atoms with E-state index < -0.39 is 43.3 Å². The van der Waals surface area contributed by atoms with Crippen molar-refractivity contribution in [2.75, 3.05) is 20.2 Å². The predicted octanol–water partition coefficient (Wildman–Crippen LogP) is 4.28. The first-order valence-corrected chi connectivity index (χ1v) is 16.9. The van der Waals surface area contributed by atoms with Gasteiger partial charge in [-0.05, 0) is 76.9 Å². The molecule has 4 atom stereocenters. The number of amides is 2. The van der Waals surface area contributed by atoms with Crippen molar-refractivity contribution in [1.82, 2.24) is 9.80 Å². The van der Waals surface area contributed by atoms with Crippen LogP contribution >= 0.6 is 7.82 Å². The number of benzene rings is 2. The Kier molecular flexibility index (Phi) is 9.44. The largest absolute Gasteiger partial charge is 0.485 e. The second-order valence-corrected chi connectivity index (χ2v) is 14.3. The lowest BCUT2D eigenvalue weighted by Crippen LogP contribution is -2.56. The highest BCUT2D eigenvalue weighted by molar-refractivity contribution is 7.47. The molecular formula is C33H39N4O9P. The third-order valence-corrected chi connectivity index (χ3v) is 9.98. The van der Waals surface area contributed by atoms with Gasteiger partial charge in [-0.3, -0.25) is 18.6 Å². The van der Waals surface area contributed by atoms with Crippen molar-refractivity contribution in [2.45, 2.75) is 88.9 Å². The smallest absolute Gasteiger partial charge is 0.473 e. The standard InChI is InChI=1S/C32H35N4O8P.CH4O/c1-31(2)29(27(35-13-5-7-25(35)37)21-15-19(17-33)9-11-23(21)41-31)43-45(39,40)44-30-28(36-14-6-8-26(36)38)22-16-20(18-34)10-12-24(22)42-32(30,3)4;1-2/h9-12,15-16,27-30H,5-8,13-14H2,1-4H3,(H,39,40);2H,1H3/t27-,28-,29+,30+;/m0./s1. The Bertz CT molecular complexity index is 1580. The van der Waals surface area contributed by atoms with Crippen molar-refractivity contribution in [1.29, 1.82) is 10.5 Å². The highest BCUT2D eigenvalue weighted by atomic mass is 31.2. The number of fused-ring (bicyclic) bond motifs is 2. The normalized spacial score (nSPS) is 25.7.